The number of hydrogen-bond donors (Lipinski definition) is 1. The zero-order chi connectivity index (χ0) is 4.83. The Morgan fingerprint density at radius 3 is 2.50 bits per heavy atom. The lowest BCUT2D eigenvalue weighted by Crippen LogP contribution is -1.89. The van der Waals surface area contributed by atoms with Crippen molar-refractivity contribution in [1.82, 2.24) is 0 Å². The quantitative estimate of drug-likeness (QED) is 0.500. The summed E-state index contributed by atoms with van der Waals surface area (Å²) in [5.41, 5.74) is 0. The van der Waals surface area contributed by atoms with E-state index in [1.165, 1.54) is 0 Å². The maximum Gasteiger partial charge on any atom is 0.0700 e. The van der Waals surface area contributed by atoms with E-state index >= 15 is 0 Å². The molecule has 0 aromatic carbocycles. The van der Waals surface area contributed by atoms with E-state index in [2.05, 4.69) is 11.8 Å². The topological polar surface area (TPSA) is 29.5 Å². The first-order valence-electron chi connectivity index (χ1n) is 1.89. The van der Waals surface area contributed by atoms with E-state index < -0.39 is 0 Å². The highest BCUT2D eigenvalue weighted by Gasteiger charge is 1.75. The zero-order valence-electron chi connectivity index (χ0n) is 3.68. The summed E-state index contributed by atoms with van der Waals surface area (Å²) in [7, 11) is 3.11. The van der Waals surface area contributed by atoms with Crippen molar-refractivity contribution in [2.45, 2.75) is 6.42 Å². The first-order valence-corrected chi connectivity index (χ1v) is 1.89. The molecule has 0 rings (SSSR count). The van der Waals surface area contributed by atoms with Gasteiger partial charge >= 0.3 is 0 Å². The Morgan fingerprint density at radius 2 is 2.33 bits per heavy atom. The van der Waals surface area contributed by atoms with E-state index in [1.54, 1.807) is 0 Å². The summed E-state index contributed by atoms with van der Waals surface area (Å²) in [4.78, 5) is 0. The predicted molar refractivity (Wildman–Crippen MR) is 23.0 cm³/mol. The summed E-state index contributed by atoms with van der Waals surface area (Å²) in [6.45, 7) is 0.742. The normalized spacial score (nSPS) is 9.00. The Kier molecular flexibility index (Phi) is 4.85. The van der Waals surface area contributed by atoms with Gasteiger partial charge < -0.3 is 9.84 Å². The van der Waals surface area contributed by atoms with Crippen molar-refractivity contribution < 1.29 is 9.84 Å². The van der Waals surface area contributed by atoms with E-state index in [-0.39, 0.29) is 6.61 Å². The Bertz CT molecular complexity index is 17.5. The average Bonchev–Trinajstić information content (AvgIpc) is 1.61. The van der Waals surface area contributed by atoms with Crippen LogP contribution in [-0.4, -0.2) is 18.3 Å². The van der Waals surface area contributed by atoms with E-state index in [4.69, 9.17) is 5.11 Å². The second-order valence-corrected chi connectivity index (χ2v) is 0.985. The van der Waals surface area contributed by atoms with Crippen LogP contribution in [0, 0.1) is 7.11 Å². The SMILES string of the molecule is [CH2]OCCCO. The van der Waals surface area contributed by atoms with Crippen LogP contribution < -0.4 is 0 Å². The molecule has 2 nitrogen and oxygen atoms in total. The molecular formula is C4H9O2. The highest BCUT2D eigenvalue weighted by molar-refractivity contribution is 4.27. The Labute approximate surface area is 37.7 Å². The van der Waals surface area contributed by atoms with Crippen molar-refractivity contribution in [3.05, 3.63) is 7.11 Å². The second-order valence-electron chi connectivity index (χ2n) is 0.985. The average molecular weight is 89.1 g/mol. The van der Waals surface area contributed by atoms with Crippen LogP contribution in [0.2, 0.25) is 0 Å². The third kappa shape index (κ3) is 3.92. The van der Waals surface area contributed by atoms with Gasteiger partial charge in [-0.2, -0.15) is 0 Å². The molecule has 0 heterocycles. The van der Waals surface area contributed by atoms with Crippen molar-refractivity contribution in [2.24, 2.45) is 0 Å². The molecule has 0 aromatic heterocycles. The molecule has 0 aliphatic carbocycles. The Hall–Kier alpha value is -0.0800. The van der Waals surface area contributed by atoms with Crippen LogP contribution in [0.5, 0.6) is 0 Å². The molecule has 0 amide bonds. The molecule has 0 atom stereocenters. The summed E-state index contributed by atoms with van der Waals surface area (Å²) in [5.74, 6) is 0. The van der Waals surface area contributed by atoms with Gasteiger partial charge in [-0.05, 0) is 6.42 Å². The minimum Gasteiger partial charge on any atom is -0.396 e. The molecule has 1 radical (unpaired) electrons. The number of aliphatic hydroxyl groups excluding tert-OH is 1. The van der Waals surface area contributed by atoms with E-state index in [9.17, 15) is 0 Å². The maximum absolute atomic E-state index is 8.09. The van der Waals surface area contributed by atoms with Gasteiger partial charge in [0.25, 0.3) is 0 Å². The summed E-state index contributed by atoms with van der Waals surface area (Å²) in [6, 6.07) is 0. The Balaban J connectivity index is 2.34. The predicted octanol–water partition coefficient (Wildman–Crippen LogP) is 0.177. The monoisotopic (exact) mass is 89.1 g/mol. The van der Waals surface area contributed by atoms with Crippen LogP contribution in [0.15, 0.2) is 0 Å². The lowest BCUT2D eigenvalue weighted by molar-refractivity contribution is 0.195. The molecule has 0 saturated carbocycles. The van der Waals surface area contributed by atoms with Gasteiger partial charge in [0.15, 0.2) is 0 Å². The molecule has 6 heavy (non-hydrogen) atoms. The lowest BCUT2D eigenvalue weighted by atomic mass is 10.5. The molecule has 0 bridgehead atoms. The fraction of sp³-hybridized carbons (Fsp3) is 0.750. The highest BCUT2D eigenvalue weighted by Crippen LogP contribution is 1.74. The molecule has 1 N–H and O–H groups in total. The molecule has 0 unspecified atom stereocenters. The van der Waals surface area contributed by atoms with E-state index in [0.717, 1.165) is 0 Å². The molecule has 0 saturated heterocycles. The van der Waals surface area contributed by atoms with Gasteiger partial charge in [-0.1, -0.05) is 0 Å². The van der Waals surface area contributed by atoms with Gasteiger partial charge in [0.2, 0.25) is 0 Å². The number of ether oxygens (including phenoxy) is 1. The third-order valence-corrected chi connectivity index (χ3v) is 0.447. The molecule has 2 heteroatoms. The van der Waals surface area contributed by atoms with E-state index in [1.807, 2.05) is 0 Å². The van der Waals surface area contributed by atoms with Gasteiger partial charge in [0, 0.05) is 13.2 Å². The van der Waals surface area contributed by atoms with Crippen LogP contribution in [0.25, 0.3) is 0 Å². The molecule has 0 fully saturated rings. The Morgan fingerprint density at radius 1 is 1.67 bits per heavy atom. The van der Waals surface area contributed by atoms with Crippen LogP contribution in [-0.2, 0) is 4.74 Å². The molecule has 0 aromatic rings. The summed E-state index contributed by atoms with van der Waals surface area (Å²) < 4.78 is 4.37. The van der Waals surface area contributed by atoms with Gasteiger partial charge in [-0.3, -0.25) is 0 Å². The van der Waals surface area contributed by atoms with Crippen LogP contribution >= 0.6 is 0 Å². The van der Waals surface area contributed by atoms with Crippen LogP contribution in [0.3, 0.4) is 0 Å². The molecule has 0 spiro atoms. The molecular weight excluding hydrogens is 80.0 g/mol. The molecule has 0 aliphatic rings. The van der Waals surface area contributed by atoms with Gasteiger partial charge in [-0.25, -0.2) is 0 Å². The molecule has 37 valence electrons. The van der Waals surface area contributed by atoms with Crippen LogP contribution in [0.4, 0.5) is 0 Å². The van der Waals surface area contributed by atoms with Crippen molar-refractivity contribution in [1.29, 1.82) is 0 Å². The lowest BCUT2D eigenvalue weighted by Gasteiger charge is -1.88. The second kappa shape index (κ2) is 4.92. The summed E-state index contributed by atoms with van der Waals surface area (Å²) in [5, 5.41) is 8.09. The molecule has 0 aliphatic heterocycles. The van der Waals surface area contributed by atoms with E-state index in [0.29, 0.717) is 13.0 Å². The smallest absolute Gasteiger partial charge is 0.0700 e. The highest BCUT2D eigenvalue weighted by atomic mass is 16.5. The summed E-state index contributed by atoms with van der Waals surface area (Å²) >= 11 is 0. The van der Waals surface area contributed by atoms with Gasteiger partial charge in [-0.15, -0.1) is 0 Å². The maximum atomic E-state index is 8.09. The third-order valence-electron chi connectivity index (χ3n) is 0.447. The first kappa shape index (κ1) is 5.92. The van der Waals surface area contributed by atoms with Crippen molar-refractivity contribution in [3.8, 4) is 0 Å². The number of aliphatic hydroxyl groups is 1. The zero-order valence-corrected chi connectivity index (χ0v) is 3.68. The van der Waals surface area contributed by atoms with Gasteiger partial charge in [0.1, 0.15) is 0 Å². The number of rotatable bonds is 3. The van der Waals surface area contributed by atoms with Crippen LogP contribution in [0.1, 0.15) is 6.42 Å². The minimum absolute atomic E-state index is 0.190. The number of hydrogen-bond acceptors (Lipinski definition) is 2. The standard InChI is InChI=1S/C4H9O2/c1-6-4-2-3-5/h5H,1-4H2. The summed E-state index contributed by atoms with van der Waals surface area (Å²) in [6.07, 6.45) is 0.684. The van der Waals surface area contributed by atoms with Crippen molar-refractivity contribution in [3.63, 3.8) is 0 Å². The van der Waals surface area contributed by atoms with Crippen molar-refractivity contribution in [2.75, 3.05) is 13.2 Å². The minimum atomic E-state index is 0.190. The fourth-order valence-electron chi connectivity index (χ4n) is 0.167. The first-order chi connectivity index (χ1) is 2.91. The largest absolute Gasteiger partial charge is 0.396 e. The fourth-order valence-corrected chi connectivity index (χ4v) is 0.167. The van der Waals surface area contributed by atoms with Gasteiger partial charge in [0.05, 0.1) is 7.11 Å². The van der Waals surface area contributed by atoms with Crippen molar-refractivity contribution >= 4 is 0 Å².